The number of rotatable bonds is 4. The molecule has 0 fully saturated rings. The fraction of sp³-hybridized carbons (Fsp3) is 0. The van der Waals surface area contributed by atoms with Crippen molar-refractivity contribution in [3.8, 4) is 16.8 Å². The first-order valence-electron chi connectivity index (χ1n) is 6.92. The molecule has 0 radical (unpaired) electrons. The van der Waals surface area contributed by atoms with E-state index in [4.69, 9.17) is 0 Å². The summed E-state index contributed by atoms with van der Waals surface area (Å²) in [6, 6.07) is 19.4. The zero-order valence-electron chi connectivity index (χ0n) is 12.0. The lowest BCUT2D eigenvalue weighted by atomic mass is 10.1. The molecule has 5 nitrogen and oxygen atoms in total. The molecule has 114 valence electrons. The Hall–Kier alpha value is -3.34. The van der Waals surface area contributed by atoms with E-state index >= 15 is 0 Å². The normalized spacial score (nSPS) is 10.4. The molecule has 0 bridgehead atoms. The number of carbonyl (C=O) groups is 2. The fourth-order valence-electron chi connectivity index (χ4n) is 2.48. The van der Waals surface area contributed by atoms with Crippen molar-refractivity contribution in [1.82, 2.24) is 4.57 Å². The average Bonchev–Trinajstić information content (AvgIpc) is 3.01. The predicted octanol–water partition coefficient (Wildman–Crippen LogP) is 3.54. The molecule has 0 spiro atoms. The van der Waals surface area contributed by atoms with Gasteiger partial charge in [-0.15, -0.1) is 0 Å². The third-order valence-electron chi connectivity index (χ3n) is 3.55. The van der Waals surface area contributed by atoms with Gasteiger partial charge in [0.15, 0.2) is 0 Å². The van der Waals surface area contributed by atoms with Crippen molar-refractivity contribution in [2.24, 2.45) is 0 Å². The molecule has 0 amide bonds. The minimum absolute atomic E-state index is 0.0881. The first kappa shape index (κ1) is 14.6. The largest absolute Gasteiger partial charge is 0.477 e. The van der Waals surface area contributed by atoms with E-state index in [1.165, 1.54) is 16.7 Å². The molecule has 0 aliphatic carbocycles. The van der Waals surface area contributed by atoms with E-state index in [-0.39, 0.29) is 11.4 Å². The molecular weight excluding hydrogens is 294 g/mol. The summed E-state index contributed by atoms with van der Waals surface area (Å²) in [7, 11) is 0. The Labute approximate surface area is 132 Å². The SMILES string of the molecule is O=C(O)c1ccc(C(=O)O)n1-c1ccc(-c2ccccc2)cc1. The number of benzene rings is 2. The molecule has 1 heterocycles. The molecule has 1 aromatic heterocycles. The van der Waals surface area contributed by atoms with Crippen LogP contribution < -0.4 is 0 Å². The Morgan fingerprint density at radius 3 is 1.61 bits per heavy atom. The van der Waals surface area contributed by atoms with Crippen LogP contribution >= 0.6 is 0 Å². The smallest absolute Gasteiger partial charge is 0.352 e. The Balaban J connectivity index is 2.08. The maximum Gasteiger partial charge on any atom is 0.352 e. The Bertz CT molecular complexity index is 832. The van der Waals surface area contributed by atoms with E-state index in [2.05, 4.69) is 0 Å². The van der Waals surface area contributed by atoms with Gasteiger partial charge in [-0.1, -0.05) is 42.5 Å². The van der Waals surface area contributed by atoms with E-state index < -0.39 is 11.9 Å². The molecule has 0 saturated carbocycles. The molecule has 0 saturated heterocycles. The second-order valence-corrected chi connectivity index (χ2v) is 4.96. The molecule has 3 rings (SSSR count). The summed E-state index contributed by atoms with van der Waals surface area (Å²) < 4.78 is 1.22. The lowest BCUT2D eigenvalue weighted by Gasteiger charge is -2.10. The third-order valence-corrected chi connectivity index (χ3v) is 3.55. The minimum Gasteiger partial charge on any atom is -0.477 e. The van der Waals surface area contributed by atoms with E-state index in [9.17, 15) is 19.8 Å². The molecule has 2 N–H and O–H groups in total. The second kappa shape index (κ2) is 5.81. The van der Waals surface area contributed by atoms with Gasteiger partial charge in [-0.05, 0) is 35.4 Å². The lowest BCUT2D eigenvalue weighted by Crippen LogP contribution is -2.12. The number of carboxylic acid groups (broad SMARTS) is 2. The van der Waals surface area contributed by atoms with E-state index in [1.54, 1.807) is 12.1 Å². The van der Waals surface area contributed by atoms with Crippen molar-refractivity contribution in [2.75, 3.05) is 0 Å². The quantitative estimate of drug-likeness (QED) is 0.772. The van der Waals surface area contributed by atoms with Gasteiger partial charge in [-0.3, -0.25) is 4.57 Å². The number of nitrogens with zero attached hydrogens (tertiary/aromatic N) is 1. The van der Waals surface area contributed by atoms with Crippen LogP contribution in [0.15, 0.2) is 66.7 Å². The highest BCUT2D eigenvalue weighted by Crippen LogP contribution is 2.23. The zero-order chi connectivity index (χ0) is 16.4. The molecule has 2 aromatic carbocycles. The molecule has 0 atom stereocenters. The van der Waals surface area contributed by atoms with Crippen LogP contribution in [-0.4, -0.2) is 26.7 Å². The van der Waals surface area contributed by atoms with Crippen LogP contribution in [0.3, 0.4) is 0 Å². The van der Waals surface area contributed by atoms with Gasteiger partial charge in [-0.25, -0.2) is 9.59 Å². The van der Waals surface area contributed by atoms with Crippen LogP contribution in [0.2, 0.25) is 0 Å². The molecular formula is C18H13NO4. The van der Waals surface area contributed by atoms with Gasteiger partial charge in [0.25, 0.3) is 0 Å². The summed E-state index contributed by atoms with van der Waals surface area (Å²) in [5, 5.41) is 18.5. The van der Waals surface area contributed by atoms with Gasteiger partial charge in [0.2, 0.25) is 0 Å². The van der Waals surface area contributed by atoms with Crippen LogP contribution in [-0.2, 0) is 0 Å². The van der Waals surface area contributed by atoms with E-state index in [0.29, 0.717) is 5.69 Å². The number of carboxylic acids is 2. The fourth-order valence-corrected chi connectivity index (χ4v) is 2.48. The third kappa shape index (κ3) is 2.72. The summed E-state index contributed by atoms with van der Waals surface area (Å²) in [6.07, 6.45) is 0. The molecule has 5 heteroatoms. The lowest BCUT2D eigenvalue weighted by molar-refractivity contribution is 0.0683. The van der Waals surface area contributed by atoms with E-state index in [0.717, 1.165) is 11.1 Å². The molecule has 23 heavy (non-hydrogen) atoms. The molecule has 3 aromatic rings. The van der Waals surface area contributed by atoms with Crippen LogP contribution in [0.5, 0.6) is 0 Å². The van der Waals surface area contributed by atoms with Gasteiger partial charge in [0.1, 0.15) is 11.4 Å². The summed E-state index contributed by atoms with van der Waals surface area (Å²) in [6.45, 7) is 0. The number of aromatic carboxylic acids is 2. The van der Waals surface area contributed by atoms with Gasteiger partial charge >= 0.3 is 11.9 Å². The Morgan fingerprint density at radius 1 is 0.652 bits per heavy atom. The van der Waals surface area contributed by atoms with Gasteiger partial charge in [0, 0.05) is 5.69 Å². The van der Waals surface area contributed by atoms with Crippen molar-refractivity contribution < 1.29 is 19.8 Å². The average molecular weight is 307 g/mol. The summed E-state index contributed by atoms with van der Waals surface area (Å²) >= 11 is 0. The van der Waals surface area contributed by atoms with Crippen LogP contribution in [0.25, 0.3) is 16.8 Å². The molecule has 0 aliphatic heterocycles. The number of hydrogen-bond acceptors (Lipinski definition) is 2. The van der Waals surface area contributed by atoms with Crippen LogP contribution in [0, 0.1) is 0 Å². The van der Waals surface area contributed by atoms with Crippen molar-refractivity contribution in [2.45, 2.75) is 0 Å². The monoisotopic (exact) mass is 307 g/mol. The van der Waals surface area contributed by atoms with Gasteiger partial charge < -0.3 is 10.2 Å². The Kier molecular flexibility index (Phi) is 3.68. The topological polar surface area (TPSA) is 79.5 Å². The van der Waals surface area contributed by atoms with Gasteiger partial charge in [0.05, 0.1) is 0 Å². The highest BCUT2D eigenvalue weighted by atomic mass is 16.4. The highest BCUT2D eigenvalue weighted by Gasteiger charge is 2.19. The summed E-state index contributed by atoms with van der Waals surface area (Å²) in [5.74, 6) is -2.35. The first-order chi connectivity index (χ1) is 11.1. The van der Waals surface area contributed by atoms with Crippen molar-refractivity contribution in [3.05, 3.63) is 78.1 Å². The first-order valence-corrected chi connectivity index (χ1v) is 6.92. The molecule has 0 aliphatic rings. The maximum atomic E-state index is 11.3. The molecule has 0 unspecified atom stereocenters. The highest BCUT2D eigenvalue weighted by molar-refractivity contribution is 5.93. The predicted molar refractivity (Wildman–Crippen MR) is 85.1 cm³/mol. The minimum atomic E-state index is -1.18. The van der Waals surface area contributed by atoms with Crippen LogP contribution in [0.4, 0.5) is 0 Å². The van der Waals surface area contributed by atoms with Gasteiger partial charge in [-0.2, -0.15) is 0 Å². The number of hydrogen-bond donors (Lipinski definition) is 2. The standard InChI is InChI=1S/C18H13NO4/c20-17(21)15-10-11-16(18(22)23)19(15)14-8-6-13(7-9-14)12-4-2-1-3-5-12/h1-11H,(H,20,21)(H,22,23). The summed E-state index contributed by atoms with van der Waals surface area (Å²) in [4.78, 5) is 22.6. The second-order valence-electron chi connectivity index (χ2n) is 4.96. The maximum absolute atomic E-state index is 11.3. The number of aromatic nitrogens is 1. The van der Waals surface area contributed by atoms with Crippen molar-refractivity contribution >= 4 is 11.9 Å². The van der Waals surface area contributed by atoms with Crippen molar-refractivity contribution in [1.29, 1.82) is 0 Å². The summed E-state index contributed by atoms with van der Waals surface area (Å²) in [5.41, 5.74) is 2.31. The van der Waals surface area contributed by atoms with Crippen LogP contribution in [0.1, 0.15) is 21.0 Å². The van der Waals surface area contributed by atoms with Crippen molar-refractivity contribution in [3.63, 3.8) is 0 Å². The zero-order valence-corrected chi connectivity index (χ0v) is 12.0. The Morgan fingerprint density at radius 2 is 1.13 bits per heavy atom. The van der Waals surface area contributed by atoms with E-state index in [1.807, 2.05) is 42.5 Å².